The second-order valence-corrected chi connectivity index (χ2v) is 7.71. The number of amides is 2. The van der Waals surface area contributed by atoms with E-state index in [-0.39, 0.29) is 29.9 Å². The highest BCUT2D eigenvalue weighted by atomic mass is 35.5. The SMILES string of the molecule is NC(=O)c1cc(Cl)ccc1OCC(=O)N1N=C(c2ccco2)C[C@H]1c1cccs1. The van der Waals surface area contributed by atoms with Gasteiger partial charge in [0.15, 0.2) is 6.61 Å². The number of hydrogen-bond donors (Lipinski definition) is 1. The molecule has 1 aromatic carbocycles. The van der Waals surface area contributed by atoms with Gasteiger partial charge in [-0.05, 0) is 41.8 Å². The summed E-state index contributed by atoms with van der Waals surface area (Å²) in [5, 5.41) is 8.18. The topological polar surface area (TPSA) is 98.1 Å². The van der Waals surface area contributed by atoms with Crippen LogP contribution in [0.15, 0.2) is 63.6 Å². The number of nitrogens with two attached hydrogens (primary N) is 1. The largest absolute Gasteiger partial charge is 0.483 e. The van der Waals surface area contributed by atoms with E-state index < -0.39 is 5.91 Å². The van der Waals surface area contributed by atoms with Gasteiger partial charge in [-0.1, -0.05) is 17.7 Å². The number of hydrazone groups is 1. The monoisotopic (exact) mass is 429 g/mol. The summed E-state index contributed by atoms with van der Waals surface area (Å²) in [7, 11) is 0. The number of ether oxygens (including phenoxy) is 1. The number of rotatable bonds is 6. The summed E-state index contributed by atoms with van der Waals surface area (Å²) in [5.41, 5.74) is 6.17. The Morgan fingerprint density at radius 1 is 1.31 bits per heavy atom. The highest BCUT2D eigenvalue weighted by Gasteiger charge is 2.34. The smallest absolute Gasteiger partial charge is 0.281 e. The molecular formula is C20H16ClN3O4S. The van der Waals surface area contributed by atoms with Gasteiger partial charge in [-0.3, -0.25) is 9.59 Å². The molecule has 0 bridgehead atoms. The zero-order valence-electron chi connectivity index (χ0n) is 15.1. The quantitative estimate of drug-likeness (QED) is 0.643. The Morgan fingerprint density at radius 3 is 2.86 bits per heavy atom. The number of halogens is 1. The van der Waals surface area contributed by atoms with Crippen molar-refractivity contribution < 1.29 is 18.7 Å². The molecule has 0 saturated carbocycles. The molecule has 29 heavy (non-hydrogen) atoms. The highest BCUT2D eigenvalue weighted by Crippen LogP contribution is 2.35. The normalized spacial score (nSPS) is 16.0. The zero-order chi connectivity index (χ0) is 20.4. The number of nitrogens with zero attached hydrogens (tertiary/aromatic N) is 2. The molecule has 4 rings (SSSR count). The van der Waals surface area contributed by atoms with Gasteiger partial charge in [-0.2, -0.15) is 5.10 Å². The van der Waals surface area contributed by atoms with E-state index in [4.69, 9.17) is 26.5 Å². The summed E-state index contributed by atoms with van der Waals surface area (Å²) in [4.78, 5) is 25.5. The van der Waals surface area contributed by atoms with Crippen LogP contribution in [-0.4, -0.2) is 29.1 Å². The molecule has 7 nitrogen and oxygen atoms in total. The van der Waals surface area contributed by atoms with E-state index >= 15 is 0 Å². The van der Waals surface area contributed by atoms with Crippen LogP contribution in [0.1, 0.15) is 33.5 Å². The molecule has 0 spiro atoms. The molecule has 0 unspecified atom stereocenters. The van der Waals surface area contributed by atoms with E-state index in [9.17, 15) is 9.59 Å². The molecule has 2 N–H and O–H groups in total. The average molecular weight is 430 g/mol. The lowest BCUT2D eigenvalue weighted by molar-refractivity contribution is -0.135. The molecule has 0 aliphatic carbocycles. The number of hydrogen-bond acceptors (Lipinski definition) is 6. The second-order valence-electron chi connectivity index (χ2n) is 6.29. The Bertz CT molecular complexity index is 1060. The molecule has 1 aliphatic rings. The minimum atomic E-state index is -0.689. The third-order valence-electron chi connectivity index (χ3n) is 4.40. The summed E-state index contributed by atoms with van der Waals surface area (Å²) in [6.07, 6.45) is 2.10. The Kier molecular flexibility index (Phi) is 5.37. The van der Waals surface area contributed by atoms with E-state index in [1.54, 1.807) is 29.7 Å². The number of thiophene rings is 1. The molecule has 0 radical (unpaired) electrons. The lowest BCUT2D eigenvalue weighted by atomic mass is 10.1. The predicted molar refractivity (Wildman–Crippen MR) is 109 cm³/mol. The van der Waals surface area contributed by atoms with Gasteiger partial charge < -0.3 is 14.9 Å². The molecule has 0 saturated heterocycles. The van der Waals surface area contributed by atoms with Crippen LogP contribution < -0.4 is 10.5 Å². The number of furan rings is 1. The highest BCUT2D eigenvalue weighted by molar-refractivity contribution is 7.10. The lowest BCUT2D eigenvalue weighted by Crippen LogP contribution is -2.31. The molecule has 0 fully saturated rings. The Hall–Kier alpha value is -3.10. The van der Waals surface area contributed by atoms with Gasteiger partial charge in [-0.25, -0.2) is 5.01 Å². The van der Waals surface area contributed by atoms with Gasteiger partial charge in [-0.15, -0.1) is 11.3 Å². The van der Waals surface area contributed by atoms with E-state index in [1.807, 2.05) is 23.6 Å². The maximum absolute atomic E-state index is 12.9. The standard InChI is InChI=1S/C20H16ClN3O4S/c21-12-5-6-16(13(9-12)20(22)26)28-11-19(25)24-15(18-4-2-8-29-18)10-14(23-24)17-3-1-7-27-17/h1-9,15H,10-11H2,(H2,22,26)/t15-/m0/s1. The van der Waals surface area contributed by atoms with Crippen LogP contribution >= 0.6 is 22.9 Å². The third-order valence-corrected chi connectivity index (χ3v) is 5.61. The second kappa shape index (κ2) is 8.10. The number of primary amides is 1. The minimum Gasteiger partial charge on any atom is -0.483 e. The van der Waals surface area contributed by atoms with Crippen LogP contribution in [0.3, 0.4) is 0 Å². The lowest BCUT2D eigenvalue weighted by Gasteiger charge is -2.21. The van der Waals surface area contributed by atoms with E-state index in [0.29, 0.717) is 22.9 Å². The van der Waals surface area contributed by atoms with Gasteiger partial charge in [0.25, 0.3) is 11.8 Å². The first-order valence-corrected chi connectivity index (χ1v) is 9.97. The maximum Gasteiger partial charge on any atom is 0.281 e. The average Bonchev–Trinajstić information content (AvgIpc) is 3.47. The van der Waals surface area contributed by atoms with Crippen molar-refractivity contribution in [3.63, 3.8) is 0 Å². The molecule has 3 heterocycles. The molecule has 2 aromatic heterocycles. The van der Waals surface area contributed by atoms with Crippen LogP contribution in [0.5, 0.6) is 5.75 Å². The van der Waals surface area contributed by atoms with Gasteiger partial charge in [0.2, 0.25) is 0 Å². The first-order valence-electron chi connectivity index (χ1n) is 8.72. The van der Waals surface area contributed by atoms with Crippen molar-refractivity contribution in [1.29, 1.82) is 0 Å². The van der Waals surface area contributed by atoms with Crippen LogP contribution in [0.25, 0.3) is 0 Å². The molecule has 1 atom stereocenters. The summed E-state index contributed by atoms with van der Waals surface area (Å²) in [5.74, 6) is -0.227. The Morgan fingerprint density at radius 2 is 2.17 bits per heavy atom. The molecule has 148 valence electrons. The summed E-state index contributed by atoms with van der Waals surface area (Å²) >= 11 is 7.45. The predicted octanol–water partition coefficient (Wildman–Crippen LogP) is 3.85. The minimum absolute atomic E-state index is 0.112. The fraction of sp³-hybridized carbons (Fsp3) is 0.150. The van der Waals surface area contributed by atoms with Crippen molar-refractivity contribution in [2.75, 3.05) is 6.61 Å². The van der Waals surface area contributed by atoms with Crippen LogP contribution in [0, 0.1) is 0 Å². The van der Waals surface area contributed by atoms with E-state index in [1.165, 1.54) is 17.1 Å². The molecule has 3 aromatic rings. The fourth-order valence-electron chi connectivity index (χ4n) is 3.06. The molecule has 2 amide bonds. The van der Waals surface area contributed by atoms with Gasteiger partial charge in [0.1, 0.15) is 17.2 Å². The van der Waals surface area contributed by atoms with Gasteiger partial charge in [0, 0.05) is 16.3 Å². The third kappa shape index (κ3) is 4.03. The van der Waals surface area contributed by atoms with Crippen LogP contribution in [0.2, 0.25) is 5.02 Å². The fourth-order valence-corrected chi connectivity index (χ4v) is 4.04. The van der Waals surface area contributed by atoms with E-state index in [2.05, 4.69) is 5.10 Å². The van der Waals surface area contributed by atoms with Crippen molar-refractivity contribution in [2.24, 2.45) is 10.8 Å². The summed E-state index contributed by atoms with van der Waals surface area (Å²) in [6.45, 7) is -0.307. The van der Waals surface area contributed by atoms with Crippen molar-refractivity contribution in [1.82, 2.24) is 5.01 Å². The number of benzene rings is 1. The number of carbonyl (C=O) groups excluding carboxylic acids is 2. The van der Waals surface area contributed by atoms with E-state index in [0.717, 1.165) is 4.88 Å². The first-order chi connectivity index (χ1) is 14.0. The first kappa shape index (κ1) is 19.2. The van der Waals surface area contributed by atoms with Gasteiger partial charge in [0.05, 0.1) is 17.9 Å². The molecule has 9 heteroatoms. The Labute approximate surface area is 175 Å². The molecule has 1 aliphatic heterocycles. The summed E-state index contributed by atoms with van der Waals surface area (Å²) in [6, 6.07) is 11.7. The van der Waals surface area contributed by atoms with Gasteiger partial charge >= 0.3 is 0 Å². The van der Waals surface area contributed by atoms with Crippen molar-refractivity contribution in [2.45, 2.75) is 12.5 Å². The maximum atomic E-state index is 12.9. The number of carbonyl (C=O) groups is 2. The van der Waals surface area contributed by atoms with Crippen LogP contribution in [0.4, 0.5) is 0 Å². The zero-order valence-corrected chi connectivity index (χ0v) is 16.7. The van der Waals surface area contributed by atoms with Crippen molar-refractivity contribution in [3.8, 4) is 5.75 Å². The Balaban J connectivity index is 1.55. The summed E-state index contributed by atoms with van der Waals surface area (Å²) < 4.78 is 11.0. The molecular weight excluding hydrogens is 414 g/mol. The van der Waals surface area contributed by atoms with Crippen molar-refractivity contribution in [3.05, 3.63) is 75.3 Å². The van der Waals surface area contributed by atoms with Crippen LogP contribution in [-0.2, 0) is 4.79 Å². The van der Waals surface area contributed by atoms with Crippen molar-refractivity contribution >= 4 is 40.5 Å².